The molecule has 1 heterocycles. The molecule has 2 heteroatoms. The molecule has 100 valence electrons. The van der Waals surface area contributed by atoms with Crippen LogP contribution in [0.1, 0.15) is 56.7 Å². The molecule has 0 fully saturated rings. The van der Waals surface area contributed by atoms with Crippen molar-refractivity contribution in [3.8, 4) is 5.75 Å². The van der Waals surface area contributed by atoms with E-state index >= 15 is 0 Å². The minimum Gasteiger partial charge on any atom is -0.493 e. The van der Waals surface area contributed by atoms with Crippen LogP contribution in [0, 0.1) is 0 Å². The molecule has 1 aromatic carbocycles. The van der Waals surface area contributed by atoms with Crippen molar-refractivity contribution in [3.05, 3.63) is 29.3 Å². The number of fused-ring (bicyclic) bond motifs is 1. The minimum absolute atomic E-state index is 0.483. The van der Waals surface area contributed by atoms with Gasteiger partial charge >= 0.3 is 0 Å². The van der Waals surface area contributed by atoms with Crippen LogP contribution in [0.15, 0.2) is 18.2 Å². The molecule has 0 saturated heterocycles. The maximum atomic E-state index is 5.74. The number of benzene rings is 1. The third-order valence-electron chi connectivity index (χ3n) is 3.69. The summed E-state index contributed by atoms with van der Waals surface area (Å²) >= 11 is 0. The zero-order valence-corrected chi connectivity index (χ0v) is 11.7. The Balaban J connectivity index is 2.01. The molecular weight excluding hydrogens is 222 g/mol. The number of rotatable bonds is 6. The van der Waals surface area contributed by atoms with Crippen LogP contribution in [-0.2, 0) is 6.42 Å². The fourth-order valence-electron chi connectivity index (χ4n) is 2.53. The van der Waals surface area contributed by atoms with Crippen molar-refractivity contribution in [1.29, 1.82) is 0 Å². The van der Waals surface area contributed by atoms with Gasteiger partial charge in [0.05, 0.1) is 6.61 Å². The molecule has 18 heavy (non-hydrogen) atoms. The Morgan fingerprint density at radius 1 is 1.28 bits per heavy atom. The quantitative estimate of drug-likeness (QED) is 0.771. The Kier molecular flexibility index (Phi) is 5.06. The first-order valence-electron chi connectivity index (χ1n) is 7.34. The van der Waals surface area contributed by atoms with Crippen LogP contribution in [0.4, 0.5) is 0 Å². The average molecular weight is 247 g/mol. The molecule has 1 N–H and O–H groups in total. The molecule has 0 aromatic heterocycles. The van der Waals surface area contributed by atoms with Gasteiger partial charge in [0.25, 0.3) is 0 Å². The van der Waals surface area contributed by atoms with Gasteiger partial charge in [0, 0.05) is 18.0 Å². The molecule has 0 aliphatic carbocycles. The normalized spacial score (nSPS) is 18.2. The summed E-state index contributed by atoms with van der Waals surface area (Å²) in [7, 11) is 0. The highest BCUT2D eigenvalue weighted by Crippen LogP contribution is 2.32. The molecule has 0 spiro atoms. The van der Waals surface area contributed by atoms with Crippen molar-refractivity contribution < 1.29 is 4.74 Å². The summed E-state index contributed by atoms with van der Waals surface area (Å²) < 4.78 is 5.74. The van der Waals surface area contributed by atoms with Crippen molar-refractivity contribution >= 4 is 0 Å². The summed E-state index contributed by atoms with van der Waals surface area (Å²) in [5.41, 5.74) is 2.76. The SMILES string of the molecule is CCCCCNC1CCOc2ccc(CC)cc21. The first kappa shape index (κ1) is 13.4. The van der Waals surface area contributed by atoms with Crippen molar-refractivity contribution in [1.82, 2.24) is 5.32 Å². The van der Waals surface area contributed by atoms with Crippen molar-refractivity contribution in [2.45, 2.75) is 52.0 Å². The molecule has 2 nitrogen and oxygen atoms in total. The number of hydrogen-bond acceptors (Lipinski definition) is 2. The van der Waals surface area contributed by atoms with E-state index in [0.717, 1.165) is 31.7 Å². The number of aryl methyl sites for hydroxylation is 1. The van der Waals surface area contributed by atoms with Crippen LogP contribution in [0.25, 0.3) is 0 Å². The van der Waals surface area contributed by atoms with Gasteiger partial charge < -0.3 is 10.1 Å². The van der Waals surface area contributed by atoms with Gasteiger partial charge in [-0.2, -0.15) is 0 Å². The summed E-state index contributed by atoms with van der Waals surface area (Å²) in [6, 6.07) is 7.11. The Morgan fingerprint density at radius 2 is 2.17 bits per heavy atom. The van der Waals surface area contributed by atoms with Gasteiger partial charge in [0.15, 0.2) is 0 Å². The lowest BCUT2D eigenvalue weighted by molar-refractivity contribution is 0.252. The molecular formula is C16H25NO. The Bertz CT molecular complexity index is 375. The summed E-state index contributed by atoms with van der Waals surface area (Å²) in [4.78, 5) is 0. The highest BCUT2D eigenvalue weighted by Gasteiger charge is 2.20. The van der Waals surface area contributed by atoms with Crippen LogP contribution in [0.2, 0.25) is 0 Å². The highest BCUT2D eigenvalue weighted by atomic mass is 16.5. The van der Waals surface area contributed by atoms with Crippen LogP contribution >= 0.6 is 0 Å². The smallest absolute Gasteiger partial charge is 0.124 e. The Morgan fingerprint density at radius 3 is 2.94 bits per heavy atom. The summed E-state index contributed by atoms with van der Waals surface area (Å²) in [6.45, 7) is 6.41. The molecule has 1 aromatic rings. The van der Waals surface area contributed by atoms with Crippen LogP contribution < -0.4 is 10.1 Å². The average Bonchev–Trinajstić information content (AvgIpc) is 2.43. The van der Waals surface area contributed by atoms with E-state index in [1.165, 1.54) is 30.4 Å². The van der Waals surface area contributed by atoms with Gasteiger partial charge in [-0.25, -0.2) is 0 Å². The number of unbranched alkanes of at least 4 members (excludes halogenated alkanes) is 2. The maximum Gasteiger partial charge on any atom is 0.124 e. The lowest BCUT2D eigenvalue weighted by atomic mass is 9.97. The van der Waals surface area contributed by atoms with Crippen LogP contribution in [0.3, 0.4) is 0 Å². The zero-order valence-electron chi connectivity index (χ0n) is 11.7. The van der Waals surface area contributed by atoms with Crippen LogP contribution in [-0.4, -0.2) is 13.2 Å². The van der Waals surface area contributed by atoms with Gasteiger partial charge in [-0.15, -0.1) is 0 Å². The van der Waals surface area contributed by atoms with Gasteiger partial charge in [-0.1, -0.05) is 38.8 Å². The highest BCUT2D eigenvalue weighted by molar-refractivity contribution is 5.40. The van der Waals surface area contributed by atoms with Crippen LogP contribution in [0.5, 0.6) is 5.75 Å². The van der Waals surface area contributed by atoms with E-state index in [1.54, 1.807) is 0 Å². The molecule has 1 aliphatic rings. The summed E-state index contributed by atoms with van der Waals surface area (Å²) in [5.74, 6) is 1.08. The maximum absolute atomic E-state index is 5.74. The fraction of sp³-hybridized carbons (Fsp3) is 0.625. The lowest BCUT2D eigenvalue weighted by Gasteiger charge is -2.27. The lowest BCUT2D eigenvalue weighted by Crippen LogP contribution is -2.28. The Labute approximate surface area is 111 Å². The van der Waals surface area contributed by atoms with E-state index in [2.05, 4.69) is 37.4 Å². The fourth-order valence-corrected chi connectivity index (χ4v) is 2.53. The second-order valence-corrected chi connectivity index (χ2v) is 5.08. The molecule has 0 radical (unpaired) electrons. The minimum atomic E-state index is 0.483. The summed E-state index contributed by atoms with van der Waals surface area (Å²) in [5, 5.41) is 3.68. The topological polar surface area (TPSA) is 21.3 Å². The van der Waals surface area contributed by atoms with E-state index in [0.29, 0.717) is 6.04 Å². The van der Waals surface area contributed by atoms with Crippen molar-refractivity contribution in [3.63, 3.8) is 0 Å². The number of ether oxygens (including phenoxy) is 1. The third-order valence-corrected chi connectivity index (χ3v) is 3.69. The molecule has 0 amide bonds. The van der Waals surface area contributed by atoms with E-state index in [9.17, 15) is 0 Å². The predicted octanol–water partition coefficient (Wildman–Crippen LogP) is 3.85. The van der Waals surface area contributed by atoms with E-state index in [-0.39, 0.29) is 0 Å². The molecule has 0 saturated carbocycles. The van der Waals surface area contributed by atoms with E-state index < -0.39 is 0 Å². The van der Waals surface area contributed by atoms with Crippen molar-refractivity contribution in [2.24, 2.45) is 0 Å². The zero-order chi connectivity index (χ0) is 12.8. The number of hydrogen-bond donors (Lipinski definition) is 1. The Hall–Kier alpha value is -1.02. The summed E-state index contributed by atoms with van der Waals surface area (Å²) in [6.07, 6.45) is 6.06. The molecule has 1 atom stereocenters. The molecule has 2 rings (SSSR count). The molecule has 1 aliphatic heterocycles. The monoisotopic (exact) mass is 247 g/mol. The predicted molar refractivity (Wildman–Crippen MR) is 76.2 cm³/mol. The van der Waals surface area contributed by atoms with Gasteiger partial charge in [-0.3, -0.25) is 0 Å². The molecule has 0 bridgehead atoms. The van der Waals surface area contributed by atoms with Gasteiger partial charge in [0.1, 0.15) is 5.75 Å². The van der Waals surface area contributed by atoms with Crippen molar-refractivity contribution in [2.75, 3.05) is 13.2 Å². The second-order valence-electron chi connectivity index (χ2n) is 5.08. The standard InChI is InChI=1S/C16H25NO/c1-3-5-6-10-17-15-9-11-18-16-8-7-13(4-2)12-14(15)16/h7-8,12,15,17H,3-6,9-11H2,1-2H3. The van der Waals surface area contributed by atoms with E-state index in [1.807, 2.05) is 0 Å². The molecule has 1 unspecified atom stereocenters. The first-order chi connectivity index (χ1) is 8.85. The van der Waals surface area contributed by atoms with E-state index in [4.69, 9.17) is 4.74 Å². The van der Waals surface area contributed by atoms with Gasteiger partial charge in [-0.05, 0) is 31.0 Å². The number of nitrogens with one attached hydrogen (secondary N) is 1. The third kappa shape index (κ3) is 3.26. The van der Waals surface area contributed by atoms with Gasteiger partial charge in [0.2, 0.25) is 0 Å². The largest absolute Gasteiger partial charge is 0.493 e. The first-order valence-corrected chi connectivity index (χ1v) is 7.34. The second kappa shape index (κ2) is 6.79.